The van der Waals surface area contributed by atoms with Crippen LogP contribution in [-0.2, 0) is 33.1 Å². The van der Waals surface area contributed by atoms with Crippen LogP contribution in [0.4, 0.5) is 4.39 Å². The van der Waals surface area contributed by atoms with Crippen LogP contribution in [0.1, 0.15) is 117 Å². The molecule has 9 nitrogen and oxygen atoms in total. The SMILES string of the molecule is O=C1[C@@H]2CC[C@H]1CC(OCc1c(-c3c(Cl)cccc3Cl)noc1C1CC1)C2.OC1(c2nc3c(F)cc(Br)cc3s2)[C@@H]2CC[C@H]1CC(OCc1c(-c3c(Cl)cccc3Cl)noc1C1CC1)C2. The van der Waals surface area contributed by atoms with Crippen LogP contribution in [-0.4, -0.2) is 38.4 Å². The standard InChI is InChI=1S/C28H24BrCl2FN2O3S.C21H21Cl2NO3/c29-16-10-21(32)25-22(11-16)38-27(33-25)28(35)14-6-7-15(28)9-17(8-14)36-12-18-24(34-37-26(18)13-4-5-13)23-19(30)2-1-3-20(23)31;22-16-2-1-3-17(23)18(16)19-15(21(27-24-19)11-4-5-11)10-26-14-8-12-6-7-13(9-14)20(12)25/h1-3,10-11,13-15,17,35H,4-9,12H2;1-3,11-14H,4-10H2/t14-,15+,17?,28?;12-,13+,14?. The fourth-order valence-corrected chi connectivity index (χ4v) is 14.0. The summed E-state index contributed by atoms with van der Waals surface area (Å²) in [5, 5.41) is 23.4. The number of ether oxygens (including phenoxy) is 2. The van der Waals surface area contributed by atoms with E-state index in [4.69, 9.17) is 64.9 Å². The molecule has 65 heavy (non-hydrogen) atoms. The lowest BCUT2D eigenvalue weighted by Gasteiger charge is -2.41. The van der Waals surface area contributed by atoms with Gasteiger partial charge >= 0.3 is 0 Å². The molecule has 3 aromatic heterocycles. The van der Waals surface area contributed by atoms with Crippen LogP contribution in [0.25, 0.3) is 32.7 Å². The normalized spacial score (nSPS) is 27.1. The van der Waals surface area contributed by atoms with E-state index in [2.05, 4.69) is 31.2 Å². The van der Waals surface area contributed by atoms with Crippen LogP contribution in [0.15, 0.2) is 62.0 Å². The number of rotatable bonds is 11. The third-order valence-electron chi connectivity index (χ3n) is 14.6. The Morgan fingerprint density at radius 3 is 1.65 bits per heavy atom. The molecule has 0 spiro atoms. The van der Waals surface area contributed by atoms with Crippen LogP contribution in [0.2, 0.25) is 20.1 Å². The lowest BCUT2D eigenvalue weighted by atomic mass is 9.73. The minimum absolute atomic E-state index is 0.00109. The summed E-state index contributed by atoms with van der Waals surface area (Å²) >= 11 is 30.6. The number of fused-ring (bicyclic) bond motifs is 5. The first-order valence-electron chi connectivity index (χ1n) is 22.6. The van der Waals surface area contributed by atoms with Crippen molar-refractivity contribution in [3.8, 4) is 22.5 Å². The van der Waals surface area contributed by atoms with Gasteiger partial charge < -0.3 is 23.6 Å². The van der Waals surface area contributed by atoms with Crippen molar-refractivity contribution in [1.29, 1.82) is 0 Å². The van der Waals surface area contributed by atoms with E-state index < -0.39 is 5.60 Å². The zero-order chi connectivity index (χ0) is 44.7. The van der Waals surface area contributed by atoms with E-state index in [-0.39, 0.29) is 41.7 Å². The highest BCUT2D eigenvalue weighted by molar-refractivity contribution is 9.10. The number of carbonyl (C=O) groups excluding carboxylic acids is 1. The number of Topliss-reactive ketones (excluding diaryl/α,β-unsaturated/α-hetero) is 1. The van der Waals surface area contributed by atoms with E-state index in [1.165, 1.54) is 17.4 Å². The molecule has 3 heterocycles. The molecule has 12 rings (SSSR count). The molecule has 6 saturated carbocycles. The van der Waals surface area contributed by atoms with Gasteiger partial charge in [0.15, 0.2) is 5.82 Å². The molecule has 0 radical (unpaired) electrons. The van der Waals surface area contributed by atoms with Gasteiger partial charge in [-0.3, -0.25) is 4.79 Å². The monoisotopic (exact) mass is 1040 g/mol. The molecule has 6 aliphatic rings. The number of carbonyl (C=O) groups is 1. The number of halogens is 6. The Morgan fingerprint density at radius 2 is 1.17 bits per heavy atom. The van der Waals surface area contributed by atoms with E-state index >= 15 is 0 Å². The van der Waals surface area contributed by atoms with Crippen molar-refractivity contribution in [2.75, 3.05) is 0 Å². The van der Waals surface area contributed by atoms with E-state index in [1.54, 1.807) is 12.1 Å². The van der Waals surface area contributed by atoms with Crippen molar-refractivity contribution < 1.29 is 32.8 Å². The van der Waals surface area contributed by atoms with Gasteiger partial charge in [0.25, 0.3) is 0 Å². The number of hydrogen-bond acceptors (Lipinski definition) is 10. The molecule has 3 unspecified atom stereocenters. The van der Waals surface area contributed by atoms with Crippen LogP contribution >= 0.6 is 73.7 Å². The minimum atomic E-state index is -1.06. The largest absolute Gasteiger partial charge is 0.382 e. The Kier molecular flexibility index (Phi) is 12.3. The lowest BCUT2D eigenvalue weighted by molar-refractivity contribution is -0.130. The van der Waals surface area contributed by atoms with Gasteiger partial charge in [-0.05, 0) is 125 Å². The molecule has 340 valence electrons. The topological polar surface area (TPSA) is 121 Å². The number of ketones is 1. The van der Waals surface area contributed by atoms with Crippen LogP contribution in [0, 0.1) is 29.5 Å². The van der Waals surface area contributed by atoms with E-state index in [0.717, 1.165) is 91.6 Å². The second kappa shape index (κ2) is 17.9. The number of benzene rings is 3. The third-order valence-corrected chi connectivity index (χ3v) is 17.4. The molecule has 0 amide bonds. The van der Waals surface area contributed by atoms with Crippen LogP contribution in [0.5, 0.6) is 0 Å². The molecule has 0 aliphatic heterocycles. The Labute approximate surface area is 407 Å². The number of nitrogens with zero attached hydrogens (tertiary/aromatic N) is 3. The Morgan fingerprint density at radius 1 is 0.708 bits per heavy atom. The van der Waals surface area contributed by atoms with E-state index in [1.807, 2.05) is 30.3 Å². The molecule has 4 bridgehead atoms. The number of aliphatic hydroxyl groups is 1. The van der Waals surface area contributed by atoms with Gasteiger partial charge in [-0.15, -0.1) is 11.3 Å². The van der Waals surface area contributed by atoms with Gasteiger partial charge in [-0.2, -0.15) is 0 Å². The number of hydrogen-bond donors (Lipinski definition) is 1. The highest BCUT2D eigenvalue weighted by Crippen LogP contribution is 2.57. The molecular weight excluding hydrogens is 999 g/mol. The molecular formula is C49H45BrCl4FN3O6S. The first kappa shape index (κ1) is 44.6. The summed E-state index contributed by atoms with van der Waals surface area (Å²) in [4.78, 5) is 16.7. The second-order valence-corrected chi connectivity index (χ2v) is 22.3. The molecule has 0 saturated heterocycles. The molecule has 6 aromatic rings. The van der Waals surface area contributed by atoms with Gasteiger partial charge in [0, 0.05) is 50.4 Å². The summed E-state index contributed by atoms with van der Waals surface area (Å²) in [5.74, 6) is 2.97. The van der Waals surface area contributed by atoms with Gasteiger partial charge in [-0.1, -0.05) is 84.8 Å². The van der Waals surface area contributed by atoms with Gasteiger partial charge in [0.05, 0.1) is 50.2 Å². The van der Waals surface area contributed by atoms with Crippen molar-refractivity contribution >= 4 is 89.7 Å². The zero-order valence-electron chi connectivity index (χ0n) is 35.1. The second-order valence-electron chi connectivity index (χ2n) is 18.7. The number of aromatic nitrogens is 3. The summed E-state index contributed by atoms with van der Waals surface area (Å²) in [7, 11) is 0. The highest BCUT2D eigenvalue weighted by Gasteiger charge is 2.56. The first-order chi connectivity index (χ1) is 31.4. The zero-order valence-corrected chi connectivity index (χ0v) is 40.6. The summed E-state index contributed by atoms with van der Waals surface area (Å²) in [6, 6.07) is 14.1. The van der Waals surface area contributed by atoms with Crippen molar-refractivity contribution in [3.63, 3.8) is 0 Å². The fourth-order valence-electron chi connectivity index (χ4n) is 11.0. The average molecular weight is 1040 g/mol. The summed E-state index contributed by atoms with van der Waals surface area (Å²) in [6.45, 7) is 0.764. The molecule has 1 N–H and O–H groups in total. The third kappa shape index (κ3) is 8.43. The lowest BCUT2D eigenvalue weighted by Crippen LogP contribution is -2.44. The van der Waals surface area contributed by atoms with Gasteiger partial charge in [0.1, 0.15) is 44.8 Å². The maximum absolute atomic E-state index is 14.5. The predicted octanol–water partition coefficient (Wildman–Crippen LogP) is 14.4. The summed E-state index contributed by atoms with van der Waals surface area (Å²) < 4.78 is 40.2. The fraction of sp³-hybridized carbons (Fsp3) is 0.469. The van der Waals surface area contributed by atoms with Crippen molar-refractivity contribution in [1.82, 2.24) is 15.3 Å². The van der Waals surface area contributed by atoms with Crippen molar-refractivity contribution in [2.45, 2.75) is 120 Å². The van der Waals surface area contributed by atoms with Crippen LogP contribution in [0.3, 0.4) is 0 Å². The van der Waals surface area contributed by atoms with Crippen molar-refractivity contribution in [3.05, 3.63) is 107 Å². The Hall–Kier alpha value is -2.91. The van der Waals surface area contributed by atoms with Crippen molar-refractivity contribution in [2.24, 2.45) is 23.7 Å². The number of thiazole rings is 1. The van der Waals surface area contributed by atoms with Gasteiger partial charge in [0.2, 0.25) is 0 Å². The smallest absolute Gasteiger partial charge is 0.151 e. The van der Waals surface area contributed by atoms with E-state index in [0.29, 0.717) is 101 Å². The Bertz CT molecular complexity index is 2740. The molecule has 6 fully saturated rings. The molecule has 7 atom stereocenters. The first-order valence-corrected chi connectivity index (χ1v) is 25.7. The molecule has 6 aliphatic carbocycles. The maximum Gasteiger partial charge on any atom is 0.151 e. The Balaban J connectivity index is 0.000000153. The summed E-state index contributed by atoms with van der Waals surface area (Å²) in [6.07, 6.45) is 11.4. The predicted molar refractivity (Wildman–Crippen MR) is 252 cm³/mol. The maximum atomic E-state index is 14.5. The van der Waals surface area contributed by atoms with Crippen LogP contribution < -0.4 is 0 Å². The molecule has 16 heteroatoms. The van der Waals surface area contributed by atoms with E-state index in [9.17, 15) is 14.3 Å². The highest BCUT2D eigenvalue weighted by atomic mass is 79.9. The molecule has 3 aromatic carbocycles. The van der Waals surface area contributed by atoms with Gasteiger partial charge in [-0.25, -0.2) is 9.37 Å². The quantitative estimate of drug-likeness (QED) is 0.135. The summed E-state index contributed by atoms with van der Waals surface area (Å²) in [5.41, 5.74) is 3.81. The minimum Gasteiger partial charge on any atom is -0.382 e. The average Bonchev–Trinajstić information content (AvgIpc) is 4.15.